The van der Waals surface area contributed by atoms with E-state index in [1.165, 1.54) is 11.1 Å². The molecular weight excluding hydrogens is 152 g/mol. The summed E-state index contributed by atoms with van der Waals surface area (Å²) in [6, 6.07) is 6.13. The molecule has 0 spiro atoms. The summed E-state index contributed by atoms with van der Waals surface area (Å²) in [5.74, 6) is 0.934. The van der Waals surface area contributed by atoms with Crippen LogP contribution in [0.5, 0.6) is 5.75 Å². The van der Waals surface area contributed by atoms with Crippen LogP contribution in [-0.2, 0) is 11.2 Å². The van der Waals surface area contributed by atoms with Crippen molar-refractivity contribution in [1.29, 1.82) is 0 Å². The van der Waals surface area contributed by atoms with Crippen LogP contribution >= 0.6 is 0 Å². The fourth-order valence-electron chi connectivity index (χ4n) is 1.59. The first-order chi connectivity index (χ1) is 5.85. The van der Waals surface area contributed by atoms with Crippen molar-refractivity contribution in [2.24, 2.45) is 0 Å². The van der Waals surface area contributed by atoms with E-state index in [4.69, 9.17) is 9.47 Å². The molecule has 1 aliphatic carbocycles. The average molecular weight is 164 g/mol. The van der Waals surface area contributed by atoms with Crippen LogP contribution in [0.4, 0.5) is 0 Å². The minimum atomic E-state index is 0.311. The molecule has 0 radical (unpaired) electrons. The monoisotopic (exact) mass is 164 g/mol. The second-order valence-electron chi connectivity index (χ2n) is 2.99. The van der Waals surface area contributed by atoms with Crippen molar-refractivity contribution in [3.8, 4) is 5.75 Å². The Labute approximate surface area is 72.1 Å². The summed E-state index contributed by atoms with van der Waals surface area (Å²) < 4.78 is 10.4. The van der Waals surface area contributed by atoms with E-state index in [0.29, 0.717) is 6.10 Å². The molecule has 1 aliphatic rings. The number of hydrogen-bond acceptors (Lipinski definition) is 2. The Hall–Kier alpha value is -1.02. The molecule has 0 aliphatic heterocycles. The predicted molar refractivity (Wildman–Crippen MR) is 46.4 cm³/mol. The highest BCUT2D eigenvalue weighted by molar-refractivity contribution is 5.43. The number of methoxy groups -OCH3 is 2. The van der Waals surface area contributed by atoms with Crippen LogP contribution in [0.3, 0.4) is 0 Å². The summed E-state index contributed by atoms with van der Waals surface area (Å²) in [7, 11) is 3.44. The first-order valence-corrected chi connectivity index (χ1v) is 4.04. The molecule has 1 atom stereocenters. The maximum absolute atomic E-state index is 5.25. The normalized spacial score (nSPS) is 19.7. The Balaban J connectivity index is 2.28. The third-order valence-electron chi connectivity index (χ3n) is 2.39. The SMILES string of the molecule is COc1ccc2c(c1)CC2OC. The van der Waals surface area contributed by atoms with E-state index in [0.717, 1.165) is 12.2 Å². The smallest absolute Gasteiger partial charge is 0.119 e. The van der Waals surface area contributed by atoms with Gasteiger partial charge in [0.15, 0.2) is 0 Å². The van der Waals surface area contributed by atoms with Crippen LogP contribution in [0, 0.1) is 0 Å². The number of benzene rings is 1. The van der Waals surface area contributed by atoms with Crippen molar-refractivity contribution in [3.05, 3.63) is 29.3 Å². The third kappa shape index (κ3) is 0.994. The zero-order valence-electron chi connectivity index (χ0n) is 7.33. The van der Waals surface area contributed by atoms with Gasteiger partial charge >= 0.3 is 0 Å². The van der Waals surface area contributed by atoms with Gasteiger partial charge in [-0.25, -0.2) is 0 Å². The van der Waals surface area contributed by atoms with Crippen LogP contribution in [0.15, 0.2) is 18.2 Å². The van der Waals surface area contributed by atoms with Gasteiger partial charge in [0.05, 0.1) is 13.2 Å². The molecule has 0 amide bonds. The topological polar surface area (TPSA) is 18.5 Å². The minimum absolute atomic E-state index is 0.311. The van der Waals surface area contributed by atoms with Gasteiger partial charge in [-0.1, -0.05) is 6.07 Å². The molecule has 0 N–H and O–H groups in total. The third-order valence-corrected chi connectivity index (χ3v) is 2.39. The zero-order valence-corrected chi connectivity index (χ0v) is 7.33. The van der Waals surface area contributed by atoms with Crippen molar-refractivity contribution in [2.75, 3.05) is 14.2 Å². The van der Waals surface area contributed by atoms with Gasteiger partial charge in [-0.05, 0) is 23.3 Å². The van der Waals surface area contributed by atoms with Crippen LogP contribution in [-0.4, -0.2) is 14.2 Å². The molecule has 0 saturated carbocycles. The molecule has 1 aromatic carbocycles. The van der Waals surface area contributed by atoms with Crippen LogP contribution in [0.2, 0.25) is 0 Å². The van der Waals surface area contributed by atoms with Gasteiger partial charge in [-0.2, -0.15) is 0 Å². The first-order valence-electron chi connectivity index (χ1n) is 4.04. The average Bonchev–Trinajstić information content (AvgIpc) is 2.07. The van der Waals surface area contributed by atoms with Crippen LogP contribution < -0.4 is 4.74 Å². The fourth-order valence-corrected chi connectivity index (χ4v) is 1.59. The highest BCUT2D eigenvalue weighted by Gasteiger charge is 2.25. The van der Waals surface area contributed by atoms with Crippen LogP contribution in [0.1, 0.15) is 17.2 Å². The van der Waals surface area contributed by atoms with E-state index in [-0.39, 0.29) is 0 Å². The summed E-state index contributed by atoms with van der Waals surface area (Å²) in [6.07, 6.45) is 1.33. The van der Waals surface area contributed by atoms with Gasteiger partial charge in [0.25, 0.3) is 0 Å². The van der Waals surface area contributed by atoms with E-state index in [1.807, 2.05) is 6.07 Å². The molecule has 2 heteroatoms. The molecule has 1 unspecified atom stereocenters. The summed E-state index contributed by atoms with van der Waals surface area (Å²) in [5.41, 5.74) is 2.65. The maximum atomic E-state index is 5.25. The second kappa shape index (κ2) is 2.79. The van der Waals surface area contributed by atoms with Crippen molar-refractivity contribution in [2.45, 2.75) is 12.5 Å². The van der Waals surface area contributed by atoms with Gasteiger partial charge in [0, 0.05) is 13.5 Å². The second-order valence-corrected chi connectivity index (χ2v) is 2.99. The molecule has 0 bridgehead atoms. The lowest BCUT2D eigenvalue weighted by atomic mass is 9.85. The van der Waals surface area contributed by atoms with E-state index in [9.17, 15) is 0 Å². The Kier molecular flexibility index (Phi) is 1.77. The lowest BCUT2D eigenvalue weighted by molar-refractivity contribution is 0.0843. The van der Waals surface area contributed by atoms with E-state index in [2.05, 4.69) is 12.1 Å². The minimum Gasteiger partial charge on any atom is -0.497 e. The molecule has 0 fully saturated rings. The molecule has 0 saturated heterocycles. The molecule has 2 rings (SSSR count). The highest BCUT2D eigenvalue weighted by atomic mass is 16.5. The van der Waals surface area contributed by atoms with Crippen molar-refractivity contribution in [1.82, 2.24) is 0 Å². The van der Waals surface area contributed by atoms with Crippen molar-refractivity contribution in [3.63, 3.8) is 0 Å². The molecule has 1 aromatic rings. The van der Waals surface area contributed by atoms with Gasteiger partial charge < -0.3 is 9.47 Å². The number of fused-ring (bicyclic) bond motifs is 1. The zero-order chi connectivity index (χ0) is 8.55. The van der Waals surface area contributed by atoms with Gasteiger partial charge in [-0.3, -0.25) is 0 Å². The summed E-state index contributed by atoms with van der Waals surface area (Å²) in [6.45, 7) is 0. The Morgan fingerprint density at radius 3 is 2.75 bits per heavy atom. The fraction of sp³-hybridized carbons (Fsp3) is 0.400. The molecule has 0 heterocycles. The molecule has 2 nitrogen and oxygen atoms in total. The van der Waals surface area contributed by atoms with E-state index < -0.39 is 0 Å². The lowest BCUT2D eigenvalue weighted by Crippen LogP contribution is -2.18. The van der Waals surface area contributed by atoms with Gasteiger partial charge in [-0.15, -0.1) is 0 Å². The quantitative estimate of drug-likeness (QED) is 0.665. The van der Waals surface area contributed by atoms with E-state index >= 15 is 0 Å². The Morgan fingerprint density at radius 1 is 1.33 bits per heavy atom. The lowest BCUT2D eigenvalue weighted by Gasteiger charge is -2.28. The summed E-state index contributed by atoms with van der Waals surface area (Å²) in [4.78, 5) is 0. The maximum Gasteiger partial charge on any atom is 0.119 e. The van der Waals surface area contributed by atoms with Crippen molar-refractivity contribution >= 4 is 0 Å². The Bertz CT molecular complexity index is 294. The Morgan fingerprint density at radius 2 is 2.17 bits per heavy atom. The molecular formula is C10H12O2. The number of ether oxygens (including phenoxy) is 2. The number of rotatable bonds is 2. The molecule has 0 aromatic heterocycles. The standard InChI is InChI=1S/C10H12O2/c1-11-8-3-4-9-7(5-8)6-10(9)12-2/h3-5,10H,6H2,1-2H3. The van der Waals surface area contributed by atoms with E-state index in [1.54, 1.807) is 14.2 Å². The summed E-state index contributed by atoms with van der Waals surface area (Å²) >= 11 is 0. The molecule has 12 heavy (non-hydrogen) atoms. The van der Waals surface area contributed by atoms with Crippen LogP contribution in [0.25, 0.3) is 0 Å². The summed E-state index contributed by atoms with van der Waals surface area (Å²) in [5, 5.41) is 0. The highest BCUT2D eigenvalue weighted by Crippen LogP contribution is 2.37. The van der Waals surface area contributed by atoms with Crippen molar-refractivity contribution < 1.29 is 9.47 Å². The van der Waals surface area contributed by atoms with Gasteiger partial charge in [0.1, 0.15) is 5.75 Å². The molecule has 64 valence electrons. The largest absolute Gasteiger partial charge is 0.497 e. The predicted octanol–water partition coefficient (Wildman–Crippen LogP) is 1.94. The van der Waals surface area contributed by atoms with Gasteiger partial charge in [0.2, 0.25) is 0 Å². The number of hydrogen-bond donors (Lipinski definition) is 0. The first kappa shape index (κ1) is 7.62.